The molecule has 4 aromatic carbocycles. The maximum absolute atomic E-state index is 13.6. The predicted octanol–water partition coefficient (Wildman–Crippen LogP) is 6.18. The van der Waals surface area contributed by atoms with Crippen LogP contribution in [-0.2, 0) is 13.0 Å². The number of hydrogen-bond acceptors (Lipinski definition) is 8. The van der Waals surface area contributed by atoms with E-state index < -0.39 is 11.8 Å². The van der Waals surface area contributed by atoms with E-state index in [1.165, 1.54) is 26.4 Å². The van der Waals surface area contributed by atoms with Crippen LogP contribution in [0.25, 0.3) is 16.7 Å². The molecule has 49 heavy (non-hydrogen) atoms. The Morgan fingerprint density at radius 2 is 1.55 bits per heavy atom. The summed E-state index contributed by atoms with van der Waals surface area (Å²) in [4.78, 5) is 41.6. The van der Waals surface area contributed by atoms with Gasteiger partial charge in [0.05, 0.1) is 42.7 Å². The number of carbonyl (C=O) groups is 2. The minimum atomic E-state index is -0.705. The largest absolute Gasteiger partial charge is 0.493 e. The molecule has 0 saturated carbocycles. The van der Waals surface area contributed by atoms with Crippen LogP contribution in [0.3, 0.4) is 0 Å². The lowest BCUT2D eigenvalue weighted by molar-refractivity contribution is 0.0997. The summed E-state index contributed by atoms with van der Waals surface area (Å²) in [6.45, 7) is 1.59. The number of fused-ring (bicyclic) bond motifs is 1. The number of para-hydroxylation sites is 2. The molecule has 0 saturated heterocycles. The van der Waals surface area contributed by atoms with Crippen LogP contribution in [0, 0.1) is 0 Å². The quantitative estimate of drug-likeness (QED) is 0.160. The fourth-order valence-electron chi connectivity index (χ4n) is 5.40. The first-order valence-corrected chi connectivity index (χ1v) is 15.6. The highest BCUT2D eigenvalue weighted by molar-refractivity contribution is 6.12. The highest BCUT2D eigenvalue weighted by Gasteiger charge is 2.21. The third-order valence-corrected chi connectivity index (χ3v) is 7.98. The van der Waals surface area contributed by atoms with Gasteiger partial charge in [-0.3, -0.25) is 14.4 Å². The van der Waals surface area contributed by atoms with Crippen molar-refractivity contribution in [2.45, 2.75) is 13.0 Å². The second-order valence-corrected chi connectivity index (χ2v) is 11.4. The number of nitrogens with one attached hydrogen (secondary N) is 2. The molecule has 2 N–H and O–H groups in total. The van der Waals surface area contributed by atoms with Crippen molar-refractivity contribution >= 4 is 34.2 Å². The lowest BCUT2D eigenvalue weighted by atomic mass is 10.1. The van der Waals surface area contributed by atoms with Crippen molar-refractivity contribution in [3.8, 4) is 17.2 Å². The van der Waals surface area contributed by atoms with E-state index >= 15 is 0 Å². The zero-order valence-electron chi connectivity index (χ0n) is 27.3. The summed E-state index contributed by atoms with van der Waals surface area (Å²) >= 11 is 0. The normalized spacial score (nSPS) is 11.0. The van der Waals surface area contributed by atoms with Crippen molar-refractivity contribution in [3.63, 3.8) is 0 Å². The van der Waals surface area contributed by atoms with Gasteiger partial charge in [-0.15, -0.1) is 0 Å². The van der Waals surface area contributed by atoms with Crippen molar-refractivity contribution in [1.29, 1.82) is 0 Å². The molecule has 0 unspecified atom stereocenters. The molecule has 0 atom stereocenters. The van der Waals surface area contributed by atoms with Crippen LogP contribution in [0.1, 0.15) is 32.0 Å². The Kier molecular flexibility index (Phi) is 9.82. The summed E-state index contributed by atoms with van der Waals surface area (Å²) in [7, 11) is 4.97. The van der Waals surface area contributed by atoms with E-state index in [1.54, 1.807) is 24.3 Å². The number of nitrogens with zero attached hydrogens (tertiary/aromatic N) is 3. The molecule has 2 heterocycles. The van der Waals surface area contributed by atoms with E-state index in [-0.39, 0.29) is 28.0 Å². The number of ether oxygens (including phenoxy) is 2. The molecular formula is C38H35N5O6. The van der Waals surface area contributed by atoms with Gasteiger partial charge in [-0.05, 0) is 61.5 Å². The number of aromatic nitrogens is 2. The fourth-order valence-corrected chi connectivity index (χ4v) is 5.40. The van der Waals surface area contributed by atoms with Crippen LogP contribution < -0.4 is 25.5 Å². The first-order valence-electron chi connectivity index (χ1n) is 15.6. The van der Waals surface area contributed by atoms with E-state index in [0.717, 1.165) is 42.4 Å². The molecule has 6 rings (SSSR count). The second kappa shape index (κ2) is 14.7. The van der Waals surface area contributed by atoms with Crippen LogP contribution in [0.4, 0.5) is 11.4 Å². The Bertz CT molecular complexity index is 2160. The van der Waals surface area contributed by atoms with E-state index in [2.05, 4.69) is 27.7 Å². The SMILES string of the molecule is COc1cc(NC(=O)c2cc(=O)c3ccccc3o2)c(C(=O)Nc2ccc(CCN(C)Cc3cnn(-c4ccccc4)c3)cc2)cc1OC. The second-order valence-electron chi connectivity index (χ2n) is 11.4. The standard InChI is InChI=1S/C38H35N5O6/c1-42(23-26-22-39-43(24-26)28-9-5-4-6-10-28)18-17-25-13-15-27(16-14-25)40-37(45)30-19-34(47-2)35(48-3)20-31(30)41-38(46)36-21-32(44)29-11-7-8-12-33(29)49-36/h4-16,19-22,24H,17-18,23H2,1-3H3,(H,40,45)(H,41,46). The van der Waals surface area contributed by atoms with Crippen molar-refractivity contribution < 1.29 is 23.5 Å². The van der Waals surface area contributed by atoms with Gasteiger partial charge in [-0.2, -0.15) is 5.10 Å². The van der Waals surface area contributed by atoms with Crippen LogP contribution in [-0.4, -0.2) is 54.3 Å². The lowest BCUT2D eigenvalue weighted by Gasteiger charge is -2.16. The van der Waals surface area contributed by atoms with Gasteiger partial charge in [0.2, 0.25) is 0 Å². The summed E-state index contributed by atoms with van der Waals surface area (Å²) in [5.74, 6) is -0.792. The topological polar surface area (TPSA) is 128 Å². The van der Waals surface area contributed by atoms with Crippen molar-refractivity contribution in [2.24, 2.45) is 0 Å². The van der Waals surface area contributed by atoms with Crippen LogP contribution >= 0.6 is 0 Å². The number of likely N-dealkylation sites (N-methyl/N-ethyl adjacent to an activating group) is 1. The highest BCUT2D eigenvalue weighted by atomic mass is 16.5. The molecule has 2 amide bonds. The highest BCUT2D eigenvalue weighted by Crippen LogP contribution is 2.34. The maximum atomic E-state index is 13.6. The Morgan fingerprint density at radius 3 is 2.31 bits per heavy atom. The Hall–Kier alpha value is -6.20. The smallest absolute Gasteiger partial charge is 0.291 e. The van der Waals surface area contributed by atoms with Gasteiger partial charge in [0.1, 0.15) is 5.58 Å². The van der Waals surface area contributed by atoms with Crippen LogP contribution in [0.5, 0.6) is 11.5 Å². The molecule has 0 aliphatic carbocycles. The molecule has 2 aromatic heterocycles. The molecule has 0 radical (unpaired) electrons. The minimum absolute atomic E-state index is 0.121. The summed E-state index contributed by atoms with van der Waals surface area (Å²) in [5.41, 5.74) is 4.01. The Balaban J connectivity index is 1.11. The van der Waals surface area contributed by atoms with Gasteiger partial charge < -0.3 is 29.4 Å². The van der Waals surface area contributed by atoms with Gasteiger partial charge in [0.25, 0.3) is 11.8 Å². The minimum Gasteiger partial charge on any atom is -0.493 e. The van der Waals surface area contributed by atoms with E-state index in [4.69, 9.17) is 13.9 Å². The van der Waals surface area contributed by atoms with E-state index in [9.17, 15) is 14.4 Å². The van der Waals surface area contributed by atoms with E-state index in [0.29, 0.717) is 22.6 Å². The van der Waals surface area contributed by atoms with Crippen molar-refractivity contribution in [2.75, 3.05) is 38.4 Å². The number of amides is 2. The maximum Gasteiger partial charge on any atom is 0.291 e. The van der Waals surface area contributed by atoms with Gasteiger partial charge >= 0.3 is 0 Å². The average Bonchev–Trinajstić information content (AvgIpc) is 3.59. The first kappa shape index (κ1) is 32.7. The summed E-state index contributed by atoms with van der Waals surface area (Å²) in [6, 6.07) is 28.3. The summed E-state index contributed by atoms with van der Waals surface area (Å²) in [5, 5.41) is 10.4. The molecule has 248 valence electrons. The third-order valence-electron chi connectivity index (χ3n) is 7.98. The van der Waals surface area contributed by atoms with Gasteiger partial charge in [-0.1, -0.05) is 42.5 Å². The van der Waals surface area contributed by atoms with Crippen LogP contribution in [0.15, 0.2) is 119 Å². The number of hydrogen-bond donors (Lipinski definition) is 2. The third kappa shape index (κ3) is 7.69. The number of carbonyl (C=O) groups excluding carboxylic acids is 2. The molecule has 0 bridgehead atoms. The van der Waals surface area contributed by atoms with Crippen LogP contribution in [0.2, 0.25) is 0 Å². The summed E-state index contributed by atoms with van der Waals surface area (Å²) in [6.07, 6.45) is 4.74. The van der Waals surface area contributed by atoms with Crippen molar-refractivity contribution in [3.05, 3.63) is 142 Å². The molecule has 6 aromatic rings. The number of rotatable bonds is 12. The van der Waals surface area contributed by atoms with Gasteiger partial charge in [0, 0.05) is 42.7 Å². The Labute approximate surface area is 282 Å². The number of anilines is 2. The van der Waals surface area contributed by atoms with E-state index in [1.807, 2.05) is 71.7 Å². The molecular weight excluding hydrogens is 622 g/mol. The average molecular weight is 658 g/mol. The first-order chi connectivity index (χ1) is 23.8. The van der Waals surface area contributed by atoms with Crippen molar-refractivity contribution in [1.82, 2.24) is 14.7 Å². The van der Waals surface area contributed by atoms with Gasteiger partial charge in [-0.25, -0.2) is 4.68 Å². The predicted molar refractivity (Wildman–Crippen MR) is 188 cm³/mol. The Morgan fingerprint density at radius 1 is 0.837 bits per heavy atom. The number of methoxy groups -OCH3 is 2. The molecule has 11 nitrogen and oxygen atoms in total. The van der Waals surface area contributed by atoms with Gasteiger partial charge in [0.15, 0.2) is 22.7 Å². The zero-order chi connectivity index (χ0) is 34.3. The molecule has 0 aliphatic heterocycles. The molecule has 0 fully saturated rings. The zero-order valence-corrected chi connectivity index (χ0v) is 27.3. The number of benzene rings is 4. The molecule has 11 heteroatoms. The summed E-state index contributed by atoms with van der Waals surface area (Å²) < 4.78 is 18.4. The monoisotopic (exact) mass is 657 g/mol. The lowest BCUT2D eigenvalue weighted by Crippen LogP contribution is -2.20. The molecule has 0 aliphatic rings. The fraction of sp³-hybridized carbons (Fsp3) is 0.158. The molecule has 0 spiro atoms.